The van der Waals surface area contributed by atoms with Crippen molar-refractivity contribution in [2.45, 2.75) is 45.3 Å². The molecule has 1 saturated heterocycles. The minimum Gasteiger partial charge on any atom is -0.347 e. The van der Waals surface area contributed by atoms with Gasteiger partial charge in [0, 0.05) is 30.5 Å². The van der Waals surface area contributed by atoms with E-state index in [2.05, 4.69) is 34.0 Å². The second kappa shape index (κ2) is 5.46. The molecule has 0 radical (unpaired) electrons. The number of hydrogen-bond donors (Lipinski definition) is 2. The third-order valence-electron chi connectivity index (χ3n) is 3.40. The van der Waals surface area contributed by atoms with Gasteiger partial charge in [0.15, 0.2) is 0 Å². The molecule has 0 unspecified atom stereocenters. The van der Waals surface area contributed by atoms with E-state index in [9.17, 15) is 0 Å². The zero-order valence-electron chi connectivity index (χ0n) is 10.2. The summed E-state index contributed by atoms with van der Waals surface area (Å²) in [5, 5.41) is 3.59. The van der Waals surface area contributed by atoms with Crippen molar-refractivity contribution in [2.75, 3.05) is 13.1 Å². The molecule has 0 atom stereocenters. The van der Waals surface area contributed by atoms with E-state index in [1.54, 1.807) is 6.33 Å². The van der Waals surface area contributed by atoms with E-state index in [0.29, 0.717) is 12.1 Å². The summed E-state index contributed by atoms with van der Waals surface area (Å²) >= 11 is 0. The zero-order chi connectivity index (χ0) is 11.4. The number of aromatic amines is 1. The normalized spacial score (nSPS) is 19.4. The number of aromatic nitrogens is 2. The first-order valence-corrected chi connectivity index (χ1v) is 6.20. The Labute approximate surface area is 97.4 Å². The minimum atomic E-state index is 0.665. The summed E-state index contributed by atoms with van der Waals surface area (Å²) in [6.07, 6.45) is 6.13. The Bertz CT molecular complexity index is 286. The monoisotopic (exact) mass is 222 g/mol. The standard InChI is InChI=1S/C12H22N4/c1-10(2)16-5-3-11(4-6-16)14-8-12-7-13-9-15-12/h7,9-11,14H,3-6,8H2,1-2H3,(H,13,15). The molecule has 2 N–H and O–H groups in total. The maximum atomic E-state index is 4.02. The Kier molecular flexibility index (Phi) is 3.96. The highest BCUT2D eigenvalue weighted by atomic mass is 15.2. The van der Waals surface area contributed by atoms with E-state index in [1.165, 1.54) is 31.6 Å². The van der Waals surface area contributed by atoms with E-state index in [0.717, 1.165) is 6.54 Å². The van der Waals surface area contributed by atoms with Crippen LogP contribution in [0.3, 0.4) is 0 Å². The molecule has 90 valence electrons. The van der Waals surface area contributed by atoms with E-state index in [1.807, 2.05) is 6.20 Å². The molecule has 0 spiro atoms. The van der Waals surface area contributed by atoms with E-state index in [-0.39, 0.29) is 0 Å². The molecular formula is C12H22N4. The van der Waals surface area contributed by atoms with Gasteiger partial charge in [-0.1, -0.05) is 0 Å². The Hall–Kier alpha value is -0.870. The Balaban J connectivity index is 1.69. The van der Waals surface area contributed by atoms with Gasteiger partial charge in [-0.2, -0.15) is 0 Å². The number of likely N-dealkylation sites (tertiary alicyclic amines) is 1. The average molecular weight is 222 g/mol. The summed E-state index contributed by atoms with van der Waals surface area (Å²) in [5.41, 5.74) is 1.17. The fourth-order valence-electron chi connectivity index (χ4n) is 2.26. The third kappa shape index (κ3) is 3.06. The first-order chi connectivity index (χ1) is 7.75. The summed E-state index contributed by atoms with van der Waals surface area (Å²) in [4.78, 5) is 9.69. The lowest BCUT2D eigenvalue weighted by Crippen LogP contribution is -2.44. The van der Waals surface area contributed by atoms with Gasteiger partial charge < -0.3 is 15.2 Å². The molecule has 1 fully saturated rings. The van der Waals surface area contributed by atoms with Gasteiger partial charge in [-0.3, -0.25) is 0 Å². The number of nitrogens with zero attached hydrogens (tertiary/aromatic N) is 2. The molecule has 0 saturated carbocycles. The molecular weight excluding hydrogens is 200 g/mol. The molecule has 4 heteroatoms. The first-order valence-electron chi connectivity index (χ1n) is 6.20. The van der Waals surface area contributed by atoms with Crippen LogP contribution in [-0.4, -0.2) is 40.0 Å². The first kappa shape index (κ1) is 11.6. The van der Waals surface area contributed by atoms with Crippen LogP contribution in [0.4, 0.5) is 0 Å². The van der Waals surface area contributed by atoms with Crippen molar-refractivity contribution in [1.82, 2.24) is 20.2 Å². The van der Waals surface area contributed by atoms with Crippen molar-refractivity contribution >= 4 is 0 Å². The minimum absolute atomic E-state index is 0.665. The van der Waals surface area contributed by atoms with Crippen LogP contribution in [0.5, 0.6) is 0 Å². The highest BCUT2D eigenvalue weighted by Crippen LogP contribution is 2.13. The van der Waals surface area contributed by atoms with Crippen LogP contribution < -0.4 is 5.32 Å². The quantitative estimate of drug-likeness (QED) is 0.808. The molecule has 1 aliphatic rings. The molecule has 1 aromatic rings. The lowest BCUT2D eigenvalue weighted by Gasteiger charge is -2.34. The fourth-order valence-corrected chi connectivity index (χ4v) is 2.26. The second-order valence-corrected chi connectivity index (χ2v) is 4.86. The lowest BCUT2D eigenvalue weighted by molar-refractivity contribution is 0.160. The lowest BCUT2D eigenvalue weighted by atomic mass is 10.0. The number of H-pyrrole nitrogens is 1. The number of hydrogen-bond acceptors (Lipinski definition) is 3. The molecule has 1 aromatic heterocycles. The third-order valence-corrected chi connectivity index (χ3v) is 3.40. The molecule has 2 heterocycles. The number of imidazole rings is 1. The molecule has 0 aromatic carbocycles. The van der Waals surface area contributed by atoms with E-state index < -0.39 is 0 Å². The molecule has 1 aliphatic heterocycles. The summed E-state index contributed by atoms with van der Waals surface area (Å²) < 4.78 is 0. The van der Waals surface area contributed by atoms with Crippen molar-refractivity contribution in [3.05, 3.63) is 18.2 Å². The fraction of sp³-hybridized carbons (Fsp3) is 0.750. The van der Waals surface area contributed by atoms with Gasteiger partial charge in [0.1, 0.15) is 0 Å². The van der Waals surface area contributed by atoms with Crippen molar-refractivity contribution in [1.29, 1.82) is 0 Å². The molecule has 0 bridgehead atoms. The van der Waals surface area contributed by atoms with Gasteiger partial charge in [0.25, 0.3) is 0 Å². The predicted octanol–water partition coefficient (Wildman–Crippen LogP) is 1.37. The van der Waals surface area contributed by atoms with Gasteiger partial charge in [-0.25, -0.2) is 4.98 Å². The van der Waals surface area contributed by atoms with Crippen LogP contribution in [0.15, 0.2) is 12.5 Å². The van der Waals surface area contributed by atoms with E-state index >= 15 is 0 Å². The Morgan fingerprint density at radius 3 is 2.81 bits per heavy atom. The maximum Gasteiger partial charge on any atom is 0.0922 e. The van der Waals surface area contributed by atoms with Gasteiger partial charge >= 0.3 is 0 Å². The number of nitrogens with one attached hydrogen (secondary N) is 2. The van der Waals surface area contributed by atoms with Crippen molar-refractivity contribution in [3.63, 3.8) is 0 Å². The number of piperidine rings is 1. The maximum absolute atomic E-state index is 4.02. The number of rotatable bonds is 4. The second-order valence-electron chi connectivity index (χ2n) is 4.86. The molecule has 2 rings (SSSR count). The topological polar surface area (TPSA) is 44.0 Å². The highest BCUT2D eigenvalue weighted by molar-refractivity contribution is 4.94. The van der Waals surface area contributed by atoms with Crippen molar-refractivity contribution in [3.8, 4) is 0 Å². The van der Waals surface area contributed by atoms with Crippen molar-refractivity contribution in [2.24, 2.45) is 0 Å². The van der Waals surface area contributed by atoms with Crippen LogP contribution in [0.25, 0.3) is 0 Å². The SMILES string of the molecule is CC(C)N1CCC(NCc2cnc[nH]2)CC1. The van der Waals surface area contributed by atoms with Crippen LogP contribution in [0.1, 0.15) is 32.4 Å². The van der Waals surface area contributed by atoms with Crippen LogP contribution in [0, 0.1) is 0 Å². The van der Waals surface area contributed by atoms with Crippen molar-refractivity contribution < 1.29 is 0 Å². The summed E-state index contributed by atoms with van der Waals surface area (Å²) in [5.74, 6) is 0. The predicted molar refractivity (Wildman–Crippen MR) is 65.2 cm³/mol. The molecule has 0 amide bonds. The van der Waals surface area contributed by atoms with Crippen LogP contribution in [-0.2, 0) is 6.54 Å². The van der Waals surface area contributed by atoms with Crippen LogP contribution >= 0.6 is 0 Å². The summed E-state index contributed by atoms with van der Waals surface area (Å²) in [6, 6.07) is 1.35. The summed E-state index contributed by atoms with van der Waals surface area (Å²) in [7, 11) is 0. The molecule has 4 nitrogen and oxygen atoms in total. The highest BCUT2D eigenvalue weighted by Gasteiger charge is 2.20. The Morgan fingerprint density at radius 2 is 2.25 bits per heavy atom. The van der Waals surface area contributed by atoms with Gasteiger partial charge in [-0.15, -0.1) is 0 Å². The van der Waals surface area contributed by atoms with Gasteiger partial charge in [0.2, 0.25) is 0 Å². The van der Waals surface area contributed by atoms with Gasteiger partial charge in [-0.05, 0) is 39.8 Å². The zero-order valence-corrected chi connectivity index (χ0v) is 10.2. The Morgan fingerprint density at radius 1 is 1.50 bits per heavy atom. The molecule has 0 aliphatic carbocycles. The average Bonchev–Trinajstić information content (AvgIpc) is 2.80. The van der Waals surface area contributed by atoms with E-state index in [4.69, 9.17) is 0 Å². The summed E-state index contributed by atoms with van der Waals surface area (Å²) in [6.45, 7) is 7.90. The smallest absolute Gasteiger partial charge is 0.0922 e. The molecule has 16 heavy (non-hydrogen) atoms. The van der Waals surface area contributed by atoms with Gasteiger partial charge in [0.05, 0.1) is 6.33 Å². The van der Waals surface area contributed by atoms with Crippen LogP contribution in [0.2, 0.25) is 0 Å². The largest absolute Gasteiger partial charge is 0.347 e.